The molecule has 11 heteroatoms. The van der Waals surface area contributed by atoms with Crippen LogP contribution < -0.4 is 0 Å². The van der Waals surface area contributed by atoms with E-state index >= 15 is 0 Å². The quantitative estimate of drug-likeness (QED) is 0.296. The molecule has 0 spiro atoms. The Kier molecular flexibility index (Phi) is 5.90. The number of carboxylic acid groups (broad SMARTS) is 4. The Morgan fingerprint density at radius 1 is 0.842 bits per heavy atom. The molecule has 0 aliphatic rings. The van der Waals surface area contributed by atoms with Crippen molar-refractivity contribution in [3.8, 4) is 0 Å². The zero-order valence-electron chi connectivity index (χ0n) is 9.29. The second-order valence-electron chi connectivity index (χ2n) is 3.37. The minimum Gasteiger partial charge on any atom is -0.481 e. The minimum absolute atomic E-state index is 0.0904. The highest BCUT2D eigenvalue weighted by molar-refractivity contribution is 5.84. The largest absolute Gasteiger partial charge is 0.481 e. The van der Waals surface area contributed by atoms with E-state index in [1.54, 1.807) is 0 Å². The van der Waals surface area contributed by atoms with Gasteiger partial charge in [-0.3, -0.25) is 9.59 Å². The second kappa shape index (κ2) is 6.88. The van der Waals surface area contributed by atoms with Gasteiger partial charge in [-0.05, 0) is 0 Å². The topological polar surface area (TPSA) is 182 Å². The summed E-state index contributed by atoms with van der Waals surface area (Å²) in [5.41, 5.74) is 0. The van der Waals surface area contributed by atoms with Crippen molar-refractivity contribution in [3.05, 3.63) is 4.91 Å². The average molecular weight is 278 g/mol. The maximum Gasteiger partial charge on any atom is 0.328 e. The van der Waals surface area contributed by atoms with Crippen molar-refractivity contribution in [2.24, 2.45) is 5.29 Å². The molecule has 0 aromatic carbocycles. The smallest absolute Gasteiger partial charge is 0.328 e. The Morgan fingerprint density at radius 3 is 1.32 bits per heavy atom. The van der Waals surface area contributed by atoms with Gasteiger partial charge in [0.05, 0.1) is 18.1 Å². The van der Waals surface area contributed by atoms with Gasteiger partial charge in [0.1, 0.15) is 0 Å². The van der Waals surface area contributed by atoms with Crippen molar-refractivity contribution >= 4 is 23.9 Å². The van der Waals surface area contributed by atoms with Gasteiger partial charge in [0.2, 0.25) is 0 Å². The van der Waals surface area contributed by atoms with Crippen LogP contribution in [-0.2, 0) is 19.2 Å². The highest BCUT2D eigenvalue weighted by Gasteiger charge is 2.38. The fourth-order valence-electron chi connectivity index (χ4n) is 1.25. The third kappa shape index (κ3) is 4.97. The molecule has 0 bridgehead atoms. The number of nitrogens with zero attached hydrogens (tertiary/aromatic N) is 2. The van der Waals surface area contributed by atoms with Crippen LogP contribution in [-0.4, -0.2) is 61.4 Å². The molecule has 0 aromatic rings. The first kappa shape index (κ1) is 16.3. The maximum atomic E-state index is 10.8. The highest BCUT2D eigenvalue weighted by atomic mass is 16.4. The van der Waals surface area contributed by atoms with Crippen LogP contribution in [0.4, 0.5) is 0 Å². The molecule has 0 rings (SSSR count). The van der Waals surface area contributed by atoms with E-state index in [0.29, 0.717) is 0 Å². The Balaban J connectivity index is 5.34. The van der Waals surface area contributed by atoms with E-state index in [1.165, 1.54) is 0 Å². The Labute approximate surface area is 105 Å². The van der Waals surface area contributed by atoms with Crippen molar-refractivity contribution in [1.82, 2.24) is 5.01 Å². The van der Waals surface area contributed by atoms with Crippen LogP contribution >= 0.6 is 0 Å². The monoisotopic (exact) mass is 278 g/mol. The number of carboxylic acids is 4. The lowest BCUT2D eigenvalue weighted by molar-refractivity contribution is -0.158. The number of aliphatic carboxylic acids is 4. The Bertz CT molecular complexity index is 373. The molecule has 0 saturated heterocycles. The molecule has 0 amide bonds. The number of nitroso groups, excluding NO2 is 1. The standard InChI is InChI=1S/C8H10N2O9/c11-5(12)1-3(7(15)16)10(9-19)4(8(17)18)2-6(13)14/h3-4H,1-2H2,(H,11,12)(H,13,14)(H,15,16)(H,17,18). The van der Waals surface area contributed by atoms with Gasteiger partial charge >= 0.3 is 23.9 Å². The van der Waals surface area contributed by atoms with E-state index in [1.807, 2.05) is 0 Å². The second-order valence-corrected chi connectivity index (χ2v) is 3.37. The number of rotatable bonds is 9. The lowest BCUT2D eigenvalue weighted by Crippen LogP contribution is -2.49. The van der Waals surface area contributed by atoms with Gasteiger partial charge in [0.25, 0.3) is 0 Å². The van der Waals surface area contributed by atoms with Crippen molar-refractivity contribution in [3.63, 3.8) is 0 Å². The van der Waals surface area contributed by atoms with Crippen molar-refractivity contribution in [2.75, 3.05) is 0 Å². The van der Waals surface area contributed by atoms with Crippen LogP contribution in [0.25, 0.3) is 0 Å². The van der Waals surface area contributed by atoms with Gasteiger partial charge in [0.15, 0.2) is 12.1 Å². The molecule has 19 heavy (non-hydrogen) atoms. The van der Waals surface area contributed by atoms with Gasteiger partial charge in [-0.1, -0.05) is 0 Å². The van der Waals surface area contributed by atoms with Crippen molar-refractivity contribution < 1.29 is 39.6 Å². The summed E-state index contributed by atoms with van der Waals surface area (Å²) in [6.07, 6.45) is -2.21. The molecule has 0 saturated carbocycles. The first-order chi connectivity index (χ1) is 8.70. The molecular weight excluding hydrogens is 268 g/mol. The van der Waals surface area contributed by atoms with E-state index in [4.69, 9.17) is 20.4 Å². The SMILES string of the molecule is O=NN(C(CC(=O)O)C(=O)O)C(CC(=O)O)C(=O)O. The molecular formula is C8H10N2O9. The minimum atomic E-state index is -2.07. The summed E-state index contributed by atoms with van der Waals surface area (Å²) in [5.74, 6) is -6.83. The third-order valence-electron chi connectivity index (χ3n) is 2.04. The molecule has 0 heterocycles. The molecule has 0 radical (unpaired) electrons. The summed E-state index contributed by atoms with van der Waals surface area (Å²) in [4.78, 5) is 53.0. The lowest BCUT2D eigenvalue weighted by Gasteiger charge is -2.26. The maximum absolute atomic E-state index is 10.8. The molecule has 0 fully saturated rings. The number of hydrogen-bond donors (Lipinski definition) is 4. The van der Waals surface area contributed by atoms with Crippen molar-refractivity contribution in [2.45, 2.75) is 24.9 Å². The predicted molar refractivity (Wildman–Crippen MR) is 55.0 cm³/mol. The van der Waals surface area contributed by atoms with E-state index in [-0.39, 0.29) is 5.01 Å². The van der Waals surface area contributed by atoms with Gasteiger partial charge in [0, 0.05) is 0 Å². The summed E-state index contributed by atoms with van der Waals surface area (Å²) in [7, 11) is 0. The van der Waals surface area contributed by atoms with E-state index in [0.717, 1.165) is 0 Å². The first-order valence-electron chi connectivity index (χ1n) is 4.71. The zero-order valence-corrected chi connectivity index (χ0v) is 9.29. The molecule has 2 unspecified atom stereocenters. The van der Waals surface area contributed by atoms with E-state index < -0.39 is 48.8 Å². The molecule has 0 aliphatic heterocycles. The van der Waals surface area contributed by atoms with Crippen LogP contribution in [0.15, 0.2) is 5.29 Å². The lowest BCUT2D eigenvalue weighted by atomic mass is 10.1. The summed E-state index contributed by atoms with van der Waals surface area (Å²) in [5, 5.41) is 36.5. The first-order valence-corrected chi connectivity index (χ1v) is 4.71. The number of hydrogen-bond acceptors (Lipinski definition) is 6. The Morgan fingerprint density at radius 2 is 1.16 bits per heavy atom. The van der Waals surface area contributed by atoms with Crippen LogP contribution in [0, 0.1) is 4.91 Å². The van der Waals surface area contributed by atoms with Crippen LogP contribution in [0.3, 0.4) is 0 Å². The number of carbonyl (C=O) groups is 4. The highest BCUT2D eigenvalue weighted by Crippen LogP contribution is 2.14. The summed E-state index contributed by atoms with van der Waals surface area (Å²) >= 11 is 0. The predicted octanol–water partition coefficient (Wildman–Crippen LogP) is -1.17. The third-order valence-corrected chi connectivity index (χ3v) is 2.04. The molecule has 106 valence electrons. The molecule has 0 aromatic heterocycles. The van der Waals surface area contributed by atoms with Gasteiger partial charge in [-0.15, -0.1) is 4.91 Å². The average Bonchev–Trinajstić information content (AvgIpc) is 2.25. The van der Waals surface area contributed by atoms with Crippen LogP contribution in [0.5, 0.6) is 0 Å². The van der Waals surface area contributed by atoms with Gasteiger partial charge < -0.3 is 20.4 Å². The van der Waals surface area contributed by atoms with Crippen molar-refractivity contribution in [1.29, 1.82) is 0 Å². The van der Waals surface area contributed by atoms with Crippen LogP contribution in [0.1, 0.15) is 12.8 Å². The summed E-state index contributed by atoms with van der Waals surface area (Å²) < 4.78 is 0. The summed E-state index contributed by atoms with van der Waals surface area (Å²) in [6, 6.07) is -4.15. The molecule has 2 atom stereocenters. The van der Waals surface area contributed by atoms with E-state index in [2.05, 4.69) is 5.29 Å². The van der Waals surface area contributed by atoms with Crippen LogP contribution in [0.2, 0.25) is 0 Å². The Hall–Kier alpha value is -2.72. The zero-order chi connectivity index (χ0) is 15.2. The van der Waals surface area contributed by atoms with Gasteiger partial charge in [-0.2, -0.15) is 0 Å². The summed E-state index contributed by atoms with van der Waals surface area (Å²) in [6.45, 7) is 0. The molecule has 11 nitrogen and oxygen atoms in total. The molecule has 0 aliphatic carbocycles. The fourth-order valence-corrected chi connectivity index (χ4v) is 1.25. The van der Waals surface area contributed by atoms with Gasteiger partial charge in [-0.25, -0.2) is 14.6 Å². The normalized spacial score (nSPS) is 13.1. The fraction of sp³-hybridized carbons (Fsp3) is 0.500. The van der Waals surface area contributed by atoms with E-state index in [9.17, 15) is 24.1 Å². The molecule has 4 N–H and O–H groups in total.